The van der Waals surface area contributed by atoms with E-state index in [4.69, 9.17) is 35.1 Å². The molecule has 19 nitrogen and oxygen atoms in total. The van der Waals surface area contributed by atoms with Crippen molar-refractivity contribution in [3.63, 3.8) is 0 Å². The topological polar surface area (TPSA) is 214 Å². The van der Waals surface area contributed by atoms with E-state index >= 15 is 0 Å². The predicted octanol–water partition coefficient (Wildman–Crippen LogP) is 0.786. The Morgan fingerprint density at radius 1 is 1.09 bits per heavy atom. The van der Waals surface area contributed by atoms with E-state index in [1.807, 2.05) is 25.1 Å². The van der Waals surface area contributed by atoms with Gasteiger partial charge in [-0.2, -0.15) is 9.59 Å². The third kappa shape index (κ3) is 10.1. The standard InChI is InChI=1S/C36H48N8O9.CO2/c1-22-10-12-43(30(46)17-37-3)18-26(22)42(6)33-25-11-13-44(34(25)39-21-38-33)36(49)41(5)15-14-40(4)23(2)51-19-24-8-9-28(29(16-24)50-7)53-35-32(48)31(47)27(45)20-52-35;2-1-3/h8-9,11,13,16,21-22,26-27,31-32,35,45,47-48H,2,10,12,14-15,17-20H2,1,4-7H3;/t22-,26+,27-,31+,32-,35+;/m1./s1. The Balaban J connectivity index is 0.00000225. The number of hydrogen-bond acceptors (Lipinski definition) is 15. The van der Waals surface area contributed by atoms with Crippen LogP contribution in [0.25, 0.3) is 15.9 Å². The molecule has 1 aromatic carbocycles. The molecular weight excluding hydrogens is 732 g/mol. The maximum absolute atomic E-state index is 13.6. The highest BCUT2D eigenvalue weighted by Gasteiger charge is 2.39. The lowest BCUT2D eigenvalue weighted by molar-refractivity contribution is -0.242. The number of piperidine rings is 1. The molecule has 2 aliphatic rings. The van der Waals surface area contributed by atoms with Gasteiger partial charge < -0.3 is 58.7 Å². The van der Waals surface area contributed by atoms with Gasteiger partial charge in [0.2, 0.25) is 6.29 Å². The maximum Gasteiger partial charge on any atom is 0.373 e. The van der Waals surface area contributed by atoms with Crippen molar-refractivity contribution in [2.75, 3.05) is 72.5 Å². The normalized spacial score (nSPS) is 21.7. The molecule has 56 heavy (non-hydrogen) atoms. The van der Waals surface area contributed by atoms with E-state index in [1.54, 1.807) is 46.1 Å². The van der Waals surface area contributed by atoms with Crippen molar-refractivity contribution < 1.29 is 53.4 Å². The van der Waals surface area contributed by atoms with Gasteiger partial charge in [-0.1, -0.05) is 13.0 Å². The molecule has 0 unspecified atom stereocenters. The van der Waals surface area contributed by atoms with Gasteiger partial charge >= 0.3 is 18.1 Å². The maximum atomic E-state index is 13.6. The number of anilines is 1. The highest BCUT2D eigenvalue weighted by molar-refractivity contribution is 5.94. The highest BCUT2D eigenvalue weighted by atomic mass is 16.7. The molecule has 3 N–H and O–H groups in total. The van der Waals surface area contributed by atoms with Crippen molar-refractivity contribution in [3.05, 3.63) is 66.2 Å². The van der Waals surface area contributed by atoms with Gasteiger partial charge in [0, 0.05) is 53.5 Å². The first-order chi connectivity index (χ1) is 26.8. The van der Waals surface area contributed by atoms with Gasteiger partial charge in [-0.15, -0.1) is 0 Å². The molecule has 5 rings (SSSR count). The van der Waals surface area contributed by atoms with E-state index in [0.29, 0.717) is 54.7 Å². The number of carbonyl (C=O) groups excluding carboxylic acids is 4. The average Bonchev–Trinajstić information content (AvgIpc) is 3.64. The number of nitrogens with zero attached hydrogens (tertiary/aromatic N) is 8. The zero-order valence-electron chi connectivity index (χ0n) is 32.0. The zero-order valence-corrected chi connectivity index (χ0v) is 32.0. The first-order valence-electron chi connectivity index (χ1n) is 17.7. The Labute approximate surface area is 324 Å². The number of aromatic nitrogens is 3. The lowest BCUT2D eigenvalue weighted by Gasteiger charge is -2.41. The van der Waals surface area contributed by atoms with E-state index in [9.17, 15) is 24.9 Å². The van der Waals surface area contributed by atoms with Crippen LogP contribution in [0.15, 0.2) is 49.3 Å². The number of ether oxygens (including phenoxy) is 4. The van der Waals surface area contributed by atoms with Crippen LogP contribution in [0.1, 0.15) is 18.9 Å². The largest absolute Gasteiger partial charge is 0.493 e. The fourth-order valence-corrected chi connectivity index (χ4v) is 6.37. The van der Waals surface area contributed by atoms with Crippen molar-refractivity contribution in [2.24, 2.45) is 5.92 Å². The number of amides is 2. The summed E-state index contributed by atoms with van der Waals surface area (Å²) in [5.41, 5.74) is 1.21. The van der Waals surface area contributed by atoms with Gasteiger partial charge in [0.15, 0.2) is 23.0 Å². The Morgan fingerprint density at radius 2 is 1.80 bits per heavy atom. The van der Waals surface area contributed by atoms with Crippen LogP contribution >= 0.6 is 0 Å². The number of carbonyl (C=O) groups is 2. The molecule has 4 heterocycles. The average molecular weight is 781 g/mol. The Morgan fingerprint density at radius 3 is 2.50 bits per heavy atom. The number of fused-ring (bicyclic) bond motifs is 1. The van der Waals surface area contributed by atoms with Gasteiger partial charge in [-0.25, -0.2) is 21.3 Å². The molecule has 0 radical (unpaired) electrons. The fraction of sp³-hybridized carbons (Fsp3) is 0.514. The van der Waals surface area contributed by atoms with E-state index in [-0.39, 0.29) is 55.6 Å². The molecule has 19 heteroatoms. The molecular formula is C37H48N8O11. The number of rotatable bonds is 13. The van der Waals surface area contributed by atoms with E-state index in [0.717, 1.165) is 12.0 Å². The number of aliphatic hydroxyl groups excluding tert-OH is 3. The Hall–Kier alpha value is -5.77. The van der Waals surface area contributed by atoms with Crippen molar-refractivity contribution in [3.8, 4) is 11.5 Å². The monoisotopic (exact) mass is 780 g/mol. The molecule has 3 aromatic rings. The molecule has 6 atom stereocenters. The van der Waals surface area contributed by atoms with Gasteiger partial charge in [0.25, 0.3) is 6.54 Å². The summed E-state index contributed by atoms with van der Waals surface area (Å²) in [5.74, 6) is 1.77. The third-order valence-electron chi connectivity index (χ3n) is 9.84. The summed E-state index contributed by atoms with van der Waals surface area (Å²) in [4.78, 5) is 61.7. The summed E-state index contributed by atoms with van der Waals surface area (Å²) in [6, 6.07) is 6.59. The summed E-state index contributed by atoms with van der Waals surface area (Å²) < 4.78 is 23.9. The van der Waals surface area contributed by atoms with Crippen molar-refractivity contribution in [1.82, 2.24) is 29.2 Å². The lowest BCUT2D eigenvalue weighted by atomic mass is 9.92. The summed E-state index contributed by atoms with van der Waals surface area (Å²) >= 11 is 0. The van der Waals surface area contributed by atoms with Crippen LogP contribution in [0, 0.1) is 12.5 Å². The Kier molecular flexibility index (Phi) is 15.1. The summed E-state index contributed by atoms with van der Waals surface area (Å²) in [6.45, 7) is 14.9. The van der Waals surface area contributed by atoms with Crippen LogP contribution in [-0.2, 0) is 30.5 Å². The number of benzene rings is 1. The number of likely N-dealkylation sites (tertiary alicyclic amines) is 1. The number of aliphatic hydroxyl groups is 3. The van der Waals surface area contributed by atoms with Crippen LogP contribution in [0.5, 0.6) is 11.5 Å². The number of methoxy groups -OCH3 is 1. The quantitative estimate of drug-likeness (QED) is 0.162. The minimum Gasteiger partial charge on any atom is -0.493 e. The van der Waals surface area contributed by atoms with Gasteiger partial charge in [0.1, 0.15) is 37.1 Å². The van der Waals surface area contributed by atoms with Crippen molar-refractivity contribution >= 4 is 34.9 Å². The molecule has 0 bridgehead atoms. The molecule has 2 amide bonds. The molecule has 0 aliphatic carbocycles. The van der Waals surface area contributed by atoms with Crippen LogP contribution in [0.4, 0.5) is 10.6 Å². The van der Waals surface area contributed by atoms with Crippen LogP contribution in [0.2, 0.25) is 0 Å². The minimum absolute atomic E-state index is 0.0247. The first-order valence-corrected chi connectivity index (χ1v) is 17.7. The summed E-state index contributed by atoms with van der Waals surface area (Å²) in [6.07, 6.45) is -1.08. The van der Waals surface area contributed by atoms with Crippen molar-refractivity contribution in [2.45, 2.75) is 50.6 Å². The smallest absolute Gasteiger partial charge is 0.373 e. The van der Waals surface area contributed by atoms with E-state index < -0.39 is 24.6 Å². The molecule has 0 saturated carbocycles. The Bertz CT molecular complexity index is 1910. The highest BCUT2D eigenvalue weighted by Crippen LogP contribution is 2.32. The molecule has 302 valence electrons. The van der Waals surface area contributed by atoms with Crippen molar-refractivity contribution in [1.29, 1.82) is 0 Å². The molecule has 2 aromatic heterocycles. The number of hydrogen-bond donors (Lipinski definition) is 3. The fourth-order valence-electron chi connectivity index (χ4n) is 6.37. The van der Waals surface area contributed by atoms with Crippen LogP contribution < -0.4 is 14.4 Å². The predicted molar refractivity (Wildman–Crippen MR) is 198 cm³/mol. The minimum atomic E-state index is -1.45. The molecule has 2 saturated heterocycles. The summed E-state index contributed by atoms with van der Waals surface area (Å²) in [7, 11) is 6.91. The zero-order chi connectivity index (χ0) is 41.1. The van der Waals surface area contributed by atoms with Crippen LogP contribution in [0.3, 0.4) is 0 Å². The second-order valence-electron chi connectivity index (χ2n) is 13.5. The van der Waals surface area contributed by atoms with E-state index in [2.05, 4.69) is 28.3 Å². The van der Waals surface area contributed by atoms with Crippen LogP contribution in [-0.4, -0.2) is 161 Å². The molecule has 2 fully saturated rings. The van der Waals surface area contributed by atoms with Gasteiger partial charge in [-0.05, 0) is 42.7 Å². The second kappa shape index (κ2) is 19.7. The first kappa shape index (κ1) is 43.0. The van der Waals surface area contributed by atoms with Gasteiger partial charge in [-0.3, -0.25) is 9.36 Å². The second-order valence-corrected chi connectivity index (χ2v) is 13.5. The molecule has 2 aliphatic heterocycles. The SMILES string of the molecule is O=C=O.[C-]#[N+]CC(=O)N1CC[C@@H](C)[C@@H](N(C)c2ncnc3c2ccn3C(=O)N(C)CCN(C)C(=C)OCc2ccc(O[C@@H]3OC[C@@H](O)[C@H](O)[C@H]3O)c(OC)c2)C1. The third-order valence-corrected chi connectivity index (χ3v) is 9.84. The van der Waals surface area contributed by atoms with E-state index in [1.165, 1.54) is 18.0 Å². The lowest BCUT2D eigenvalue weighted by Crippen LogP contribution is -2.54. The number of likely N-dealkylation sites (N-methyl/N-ethyl adjacent to an activating group) is 3. The summed E-state index contributed by atoms with van der Waals surface area (Å²) in [5, 5.41) is 30.6. The van der Waals surface area contributed by atoms with Gasteiger partial charge in [0.05, 0.1) is 25.1 Å². The molecule has 0 spiro atoms.